The Kier molecular flexibility index (Phi) is 6.79. The number of hydrogen-bond acceptors (Lipinski definition) is 5. The van der Waals surface area contributed by atoms with E-state index in [1.807, 2.05) is 6.07 Å². The second-order valence-electron chi connectivity index (χ2n) is 7.22. The molecule has 1 aromatic carbocycles. The van der Waals surface area contributed by atoms with Gasteiger partial charge < -0.3 is 10.3 Å². The van der Waals surface area contributed by atoms with Crippen LogP contribution in [0.1, 0.15) is 44.8 Å². The van der Waals surface area contributed by atoms with Crippen molar-refractivity contribution in [3.63, 3.8) is 0 Å². The molecule has 32 heavy (non-hydrogen) atoms. The quantitative estimate of drug-likeness (QED) is 0.566. The van der Waals surface area contributed by atoms with Gasteiger partial charge in [-0.05, 0) is 43.0 Å². The van der Waals surface area contributed by atoms with E-state index in [9.17, 15) is 22.8 Å². The summed E-state index contributed by atoms with van der Waals surface area (Å²) in [6, 6.07) is 6.97. The van der Waals surface area contributed by atoms with E-state index < -0.39 is 17.3 Å². The number of nitrogens with one attached hydrogen (secondary N) is 2. The number of nitriles is 1. The number of halogens is 3. The highest BCUT2D eigenvalue weighted by molar-refractivity contribution is 7.15. The van der Waals surface area contributed by atoms with Crippen molar-refractivity contribution in [3.05, 3.63) is 79.2 Å². The van der Waals surface area contributed by atoms with Gasteiger partial charge in [-0.25, -0.2) is 4.98 Å². The summed E-state index contributed by atoms with van der Waals surface area (Å²) in [5.41, 5.74) is 1.27. The molecule has 0 aliphatic heterocycles. The Labute approximate surface area is 185 Å². The summed E-state index contributed by atoms with van der Waals surface area (Å²) < 4.78 is 38.6. The molecule has 0 unspecified atom stereocenters. The lowest BCUT2D eigenvalue weighted by atomic mass is 9.99. The van der Waals surface area contributed by atoms with E-state index in [1.165, 1.54) is 23.6 Å². The second-order valence-corrected chi connectivity index (χ2v) is 8.34. The number of aromatic nitrogens is 2. The maximum Gasteiger partial charge on any atom is 0.416 e. The molecule has 0 spiro atoms. The molecule has 0 saturated heterocycles. The van der Waals surface area contributed by atoms with Crippen LogP contribution in [0.15, 0.2) is 35.3 Å². The van der Waals surface area contributed by atoms with Crippen LogP contribution in [0.4, 0.5) is 18.3 Å². The number of nitrogens with zero attached hydrogens (tertiary/aromatic N) is 2. The molecule has 0 aliphatic carbocycles. The highest BCUT2D eigenvalue weighted by Gasteiger charge is 2.30. The first-order valence-corrected chi connectivity index (χ1v) is 10.4. The lowest BCUT2D eigenvalue weighted by Gasteiger charge is -2.10. The number of hydrogen-bond donors (Lipinski definition) is 2. The van der Waals surface area contributed by atoms with E-state index >= 15 is 0 Å². The standard InChI is InChI=1S/C22H19F3N4O2S/c1-12-17(13(2)28-20(31)18(12)10-26)6-7-19(30)29-21-27-11-16(32-21)9-14-4-3-5-15(8-14)22(23,24)25/h3-5,8,11H,6-7,9H2,1-2H3,(H,28,31)(H,27,29,30). The van der Waals surface area contributed by atoms with Gasteiger partial charge in [0.25, 0.3) is 5.56 Å². The molecule has 0 atom stereocenters. The Hall–Kier alpha value is -3.45. The van der Waals surface area contributed by atoms with Crippen LogP contribution in [0.25, 0.3) is 0 Å². The fraction of sp³-hybridized carbons (Fsp3) is 0.273. The molecule has 2 heterocycles. The van der Waals surface area contributed by atoms with E-state index in [2.05, 4.69) is 15.3 Å². The van der Waals surface area contributed by atoms with E-state index in [0.717, 1.165) is 17.7 Å². The van der Waals surface area contributed by atoms with Gasteiger partial charge in [-0.2, -0.15) is 18.4 Å². The minimum absolute atomic E-state index is 0.0326. The van der Waals surface area contributed by atoms with Gasteiger partial charge in [-0.3, -0.25) is 9.59 Å². The molecule has 0 radical (unpaired) electrons. The zero-order chi connectivity index (χ0) is 23.5. The number of aryl methyl sites for hydroxylation is 1. The first-order valence-electron chi connectivity index (χ1n) is 9.61. The Morgan fingerprint density at radius 3 is 2.75 bits per heavy atom. The third-order valence-electron chi connectivity index (χ3n) is 4.95. The number of rotatable bonds is 6. The summed E-state index contributed by atoms with van der Waals surface area (Å²) in [5.74, 6) is -0.298. The number of alkyl halides is 3. The van der Waals surface area contributed by atoms with Gasteiger partial charge in [0.2, 0.25) is 5.91 Å². The molecule has 0 fully saturated rings. The third kappa shape index (κ3) is 5.42. The zero-order valence-electron chi connectivity index (χ0n) is 17.3. The van der Waals surface area contributed by atoms with Crippen molar-refractivity contribution in [3.8, 4) is 6.07 Å². The summed E-state index contributed by atoms with van der Waals surface area (Å²) >= 11 is 1.19. The van der Waals surface area contributed by atoms with Crippen LogP contribution in [-0.2, 0) is 23.8 Å². The minimum Gasteiger partial charge on any atom is -0.325 e. The average molecular weight is 460 g/mol. The number of amides is 1. The summed E-state index contributed by atoms with van der Waals surface area (Å²) in [4.78, 5) is 31.6. The molecule has 3 aromatic rings. The molecule has 0 saturated carbocycles. The van der Waals surface area contributed by atoms with E-state index in [-0.39, 0.29) is 24.3 Å². The number of pyridine rings is 1. The molecular weight excluding hydrogens is 441 g/mol. The molecule has 1 amide bonds. The summed E-state index contributed by atoms with van der Waals surface area (Å²) in [7, 11) is 0. The lowest BCUT2D eigenvalue weighted by molar-refractivity contribution is -0.137. The molecule has 166 valence electrons. The van der Waals surface area contributed by atoms with Crippen molar-refractivity contribution in [2.75, 3.05) is 5.32 Å². The van der Waals surface area contributed by atoms with Gasteiger partial charge in [0.1, 0.15) is 11.6 Å². The SMILES string of the molecule is Cc1[nH]c(=O)c(C#N)c(C)c1CCC(=O)Nc1ncc(Cc2cccc(C(F)(F)F)c2)s1. The van der Waals surface area contributed by atoms with E-state index in [4.69, 9.17) is 5.26 Å². The predicted molar refractivity (Wildman–Crippen MR) is 115 cm³/mol. The van der Waals surface area contributed by atoms with Crippen LogP contribution >= 0.6 is 11.3 Å². The Bertz CT molecular complexity index is 1260. The van der Waals surface area contributed by atoms with Gasteiger partial charge in [-0.1, -0.05) is 18.2 Å². The van der Waals surface area contributed by atoms with Gasteiger partial charge in [0.15, 0.2) is 5.13 Å². The molecule has 3 rings (SSSR count). The fourth-order valence-electron chi connectivity index (χ4n) is 3.35. The molecule has 2 N–H and O–H groups in total. The van der Waals surface area contributed by atoms with Crippen molar-refractivity contribution in [1.29, 1.82) is 5.26 Å². The van der Waals surface area contributed by atoms with Crippen LogP contribution in [0.5, 0.6) is 0 Å². The van der Waals surface area contributed by atoms with Crippen molar-refractivity contribution >= 4 is 22.4 Å². The number of anilines is 1. The molecule has 0 aliphatic rings. The number of carbonyl (C=O) groups excluding carboxylic acids is 1. The lowest BCUT2D eigenvalue weighted by Crippen LogP contribution is -2.18. The Balaban J connectivity index is 1.63. The molecule has 2 aromatic heterocycles. The maximum atomic E-state index is 12.9. The van der Waals surface area contributed by atoms with Gasteiger partial charge >= 0.3 is 6.18 Å². The first-order chi connectivity index (χ1) is 15.1. The highest BCUT2D eigenvalue weighted by Crippen LogP contribution is 2.30. The van der Waals surface area contributed by atoms with E-state index in [0.29, 0.717) is 33.3 Å². The monoisotopic (exact) mass is 460 g/mol. The van der Waals surface area contributed by atoms with Crippen LogP contribution in [0.2, 0.25) is 0 Å². The number of H-pyrrole nitrogens is 1. The third-order valence-corrected chi connectivity index (χ3v) is 5.87. The number of thiazole rings is 1. The van der Waals surface area contributed by atoms with Crippen molar-refractivity contribution in [2.24, 2.45) is 0 Å². The average Bonchev–Trinajstić information content (AvgIpc) is 3.14. The number of aromatic amines is 1. The maximum absolute atomic E-state index is 12.9. The van der Waals surface area contributed by atoms with Gasteiger partial charge in [0.05, 0.1) is 5.56 Å². The first kappa shape index (κ1) is 23.2. The topological polar surface area (TPSA) is 98.6 Å². The normalized spacial score (nSPS) is 11.2. The Morgan fingerprint density at radius 2 is 2.06 bits per heavy atom. The zero-order valence-corrected chi connectivity index (χ0v) is 18.1. The smallest absolute Gasteiger partial charge is 0.325 e. The summed E-state index contributed by atoms with van der Waals surface area (Å²) in [6.07, 6.45) is -2.17. The van der Waals surface area contributed by atoms with Crippen molar-refractivity contribution < 1.29 is 18.0 Å². The van der Waals surface area contributed by atoms with Crippen molar-refractivity contribution in [1.82, 2.24) is 9.97 Å². The second kappa shape index (κ2) is 9.36. The van der Waals surface area contributed by atoms with Crippen LogP contribution in [0, 0.1) is 25.2 Å². The molecule has 10 heteroatoms. The summed E-state index contributed by atoms with van der Waals surface area (Å²) in [6.45, 7) is 3.39. The fourth-order valence-corrected chi connectivity index (χ4v) is 4.21. The largest absolute Gasteiger partial charge is 0.416 e. The number of benzene rings is 1. The van der Waals surface area contributed by atoms with Gasteiger partial charge in [-0.15, -0.1) is 11.3 Å². The van der Waals surface area contributed by atoms with Crippen molar-refractivity contribution in [2.45, 2.75) is 39.3 Å². The summed E-state index contributed by atoms with van der Waals surface area (Å²) in [5, 5.41) is 12.2. The highest BCUT2D eigenvalue weighted by atomic mass is 32.1. The van der Waals surface area contributed by atoms with Crippen LogP contribution in [-0.4, -0.2) is 15.9 Å². The predicted octanol–water partition coefficient (Wildman–Crippen LogP) is 4.50. The number of carbonyl (C=O) groups is 1. The Morgan fingerprint density at radius 1 is 1.31 bits per heavy atom. The minimum atomic E-state index is -4.40. The van der Waals surface area contributed by atoms with Gasteiger partial charge in [0, 0.05) is 29.6 Å². The molecule has 0 bridgehead atoms. The molecule has 6 nitrogen and oxygen atoms in total. The molecular formula is C22H19F3N4O2S. The van der Waals surface area contributed by atoms with Crippen LogP contribution < -0.4 is 10.9 Å². The van der Waals surface area contributed by atoms with Crippen LogP contribution in [0.3, 0.4) is 0 Å². The van der Waals surface area contributed by atoms with E-state index in [1.54, 1.807) is 19.9 Å².